The van der Waals surface area contributed by atoms with Crippen molar-refractivity contribution in [3.05, 3.63) is 58.3 Å². The van der Waals surface area contributed by atoms with Gasteiger partial charge in [-0.2, -0.15) is 0 Å². The lowest BCUT2D eigenvalue weighted by Gasteiger charge is -2.38. The smallest absolute Gasteiger partial charge is 0.508 e. The van der Waals surface area contributed by atoms with E-state index in [1.54, 1.807) is 0 Å². The zero-order valence-electron chi connectivity index (χ0n) is 15.0. The van der Waals surface area contributed by atoms with Crippen molar-refractivity contribution >= 4 is 11.9 Å². The Labute approximate surface area is 151 Å². The monoisotopic (exact) mass is 360 g/mol. The van der Waals surface area contributed by atoms with Gasteiger partial charge in [-0.05, 0) is 29.5 Å². The molecule has 3 rings (SSSR count). The van der Waals surface area contributed by atoms with E-state index < -0.39 is 17.9 Å². The van der Waals surface area contributed by atoms with Crippen LogP contribution in [-0.2, 0) is 14.3 Å². The second-order valence-electron chi connectivity index (χ2n) is 7.49. The van der Waals surface area contributed by atoms with Gasteiger partial charge in [0.1, 0.15) is 11.6 Å². The molecule has 5 nitrogen and oxygen atoms in total. The number of aliphatic hydroxyl groups excluding tert-OH is 1. The Bertz CT molecular complexity index is 817. The highest BCUT2D eigenvalue weighted by Crippen LogP contribution is 2.49. The molecular weight excluding hydrogens is 339 g/mol. The number of Topliss-reactive ketones (excluding diaryl/α,β-unsaturated/α-hetero) is 1. The number of benzene rings is 1. The number of rotatable bonds is 2. The Hall–Kier alpha value is -2.63. The summed E-state index contributed by atoms with van der Waals surface area (Å²) in [6.07, 6.45) is 0.178. The van der Waals surface area contributed by atoms with Crippen molar-refractivity contribution < 1.29 is 28.6 Å². The van der Waals surface area contributed by atoms with Crippen LogP contribution in [0.1, 0.15) is 44.6 Å². The lowest BCUT2D eigenvalue weighted by molar-refractivity contribution is -0.118. The predicted octanol–water partition coefficient (Wildman–Crippen LogP) is 4.55. The maximum Gasteiger partial charge on any atom is 0.513 e. The highest BCUT2D eigenvalue weighted by Gasteiger charge is 2.43. The van der Waals surface area contributed by atoms with Crippen molar-refractivity contribution in [2.75, 3.05) is 7.11 Å². The van der Waals surface area contributed by atoms with E-state index in [0.717, 1.165) is 12.7 Å². The molecule has 0 saturated heterocycles. The van der Waals surface area contributed by atoms with Gasteiger partial charge in [-0.15, -0.1) is 0 Å². The van der Waals surface area contributed by atoms with Gasteiger partial charge >= 0.3 is 6.16 Å². The molecule has 1 unspecified atom stereocenters. The summed E-state index contributed by atoms with van der Waals surface area (Å²) < 4.78 is 23.1. The molecule has 1 aromatic carbocycles. The average molecular weight is 360 g/mol. The van der Waals surface area contributed by atoms with Crippen LogP contribution >= 0.6 is 0 Å². The maximum absolute atomic E-state index is 13.4. The number of halogens is 1. The number of allylic oxidation sites excluding steroid dienone is 2. The molecule has 1 N–H and O–H groups in total. The molecule has 26 heavy (non-hydrogen) atoms. The molecule has 0 spiro atoms. The van der Waals surface area contributed by atoms with Crippen molar-refractivity contribution in [2.45, 2.75) is 39.0 Å². The van der Waals surface area contributed by atoms with Gasteiger partial charge in [-0.25, -0.2) is 9.18 Å². The van der Waals surface area contributed by atoms with Gasteiger partial charge in [-0.1, -0.05) is 31.6 Å². The van der Waals surface area contributed by atoms with Gasteiger partial charge < -0.3 is 14.6 Å². The van der Waals surface area contributed by atoms with E-state index >= 15 is 0 Å². The van der Waals surface area contributed by atoms with E-state index in [1.807, 2.05) is 13.8 Å². The van der Waals surface area contributed by atoms with Crippen LogP contribution in [0.4, 0.5) is 9.18 Å². The number of ether oxygens (including phenoxy) is 2. The Kier molecular flexibility index (Phi) is 4.61. The lowest BCUT2D eigenvalue weighted by atomic mass is 9.66. The zero-order valence-corrected chi connectivity index (χ0v) is 15.0. The first kappa shape index (κ1) is 18.2. The topological polar surface area (TPSA) is 72.8 Å². The second-order valence-corrected chi connectivity index (χ2v) is 7.49. The molecule has 1 aromatic rings. The molecule has 0 saturated carbocycles. The largest absolute Gasteiger partial charge is 0.513 e. The maximum atomic E-state index is 13.4. The number of hydrogen-bond acceptors (Lipinski definition) is 5. The Morgan fingerprint density at radius 1 is 1.23 bits per heavy atom. The van der Waals surface area contributed by atoms with E-state index in [2.05, 4.69) is 4.74 Å². The fourth-order valence-electron chi connectivity index (χ4n) is 3.79. The summed E-state index contributed by atoms with van der Waals surface area (Å²) in [5.41, 5.74) is 1.71. The summed E-state index contributed by atoms with van der Waals surface area (Å²) in [6, 6.07) is 5.59. The van der Waals surface area contributed by atoms with Gasteiger partial charge in [-0.3, -0.25) is 4.79 Å². The van der Waals surface area contributed by atoms with Crippen LogP contribution < -0.4 is 0 Å². The molecule has 0 aliphatic heterocycles. The fraction of sp³-hybridized carbons (Fsp3) is 0.400. The first-order valence-corrected chi connectivity index (χ1v) is 8.40. The van der Waals surface area contributed by atoms with Crippen LogP contribution in [0.25, 0.3) is 0 Å². The van der Waals surface area contributed by atoms with Crippen molar-refractivity contribution in [1.82, 2.24) is 0 Å². The molecule has 138 valence electrons. The standard InChI is InChI=1S/C20H21FO5/c1-20(2)9-12-8-14(22)18(26-19(24)25-3)17(16(12)15(23)10-20)11-4-6-13(21)7-5-11/h4-7,17,22H,8-10H2,1-3H3. The van der Waals surface area contributed by atoms with E-state index in [4.69, 9.17) is 4.74 Å². The quantitative estimate of drug-likeness (QED) is 0.783. The van der Waals surface area contributed by atoms with E-state index in [0.29, 0.717) is 24.0 Å². The van der Waals surface area contributed by atoms with Gasteiger partial charge in [0, 0.05) is 18.4 Å². The summed E-state index contributed by atoms with van der Waals surface area (Å²) in [6.45, 7) is 4.01. The third kappa shape index (κ3) is 3.36. The Morgan fingerprint density at radius 3 is 2.50 bits per heavy atom. The van der Waals surface area contributed by atoms with Crippen molar-refractivity contribution in [3.63, 3.8) is 0 Å². The Morgan fingerprint density at radius 2 is 1.88 bits per heavy atom. The molecule has 1 atom stereocenters. The third-order valence-electron chi connectivity index (χ3n) is 4.79. The van der Waals surface area contributed by atoms with E-state index in [1.165, 1.54) is 24.3 Å². The molecule has 0 fully saturated rings. The molecule has 0 aromatic heterocycles. The first-order valence-electron chi connectivity index (χ1n) is 8.40. The number of carbonyl (C=O) groups excluding carboxylic acids is 2. The number of methoxy groups -OCH3 is 1. The van der Waals surface area contributed by atoms with Crippen LogP contribution in [0.15, 0.2) is 46.9 Å². The van der Waals surface area contributed by atoms with Gasteiger partial charge in [0.2, 0.25) is 0 Å². The molecule has 0 heterocycles. The SMILES string of the molecule is COC(=O)OC1=C(O)CC2=C(C(=O)CC(C)(C)C2)C1c1ccc(F)cc1. The van der Waals surface area contributed by atoms with E-state index in [9.17, 15) is 19.1 Å². The van der Waals surface area contributed by atoms with Crippen LogP contribution in [0.3, 0.4) is 0 Å². The van der Waals surface area contributed by atoms with Gasteiger partial charge in [0.25, 0.3) is 0 Å². The summed E-state index contributed by atoms with van der Waals surface area (Å²) >= 11 is 0. The van der Waals surface area contributed by atoms with Crippen LogP contribution in [0, 0.1) is 11.2 Å². The van der Waals surface area contributed by atoms with E-state index in [-0.39, 0.29) is 29.1 Å². The lowest BCUT2D eigenvalue weighted by Crippen LogP contribution is -2.32. The third-order valence-corrected chi connectivity index (χ3v) is 4.79. The van der Waals surface area contributed by atoms with Crippen molar-refractivity contribution in [1.29, 1.82) is 0 Å². The Balaban J connectivity index is 2.13. The highest BCUT2D eigenvalue weighted by molar-refractivity contribution is 6.00. The number of carbonyl (C=O) groups is 2. The van der Waals surface area contributed by atoms with Crippen LogP contribution in [0.2, 0.25) is 0 Å². The molecule has 0 bridgehead atoms. The van der Waals surface area contributed by atoms with Crippen molar-refractivity contribution in [3.8, 4) is 0 Å². The van der Waals surface area contributed by atoms with Crippen molar-refractivity contribution in [2.24, 2.45) is 5.41 Å². The average Bonchev–Trinajstić information content (AvgIpc) is 2.55. The van der Waals surface area contributed by atoms with Crippen LogP contribution in [0.5, 0.6) is 0 Å². The summed E-state index contributed by atoms with van der Waals surface area (Å²) in [5, 5.41) is 10.5. The molecule has 6 heteroatoms. The minimum Gasteiger partial charge on any atom is -0.508 e. The second kappa shape index (κ2) is 6.59. The zero-order chi connectivity index (χ0) is 19.1. The number of hydrogen-bond donors (Lipinski definition) is 1. The molecule has 0 radical (unpaired) electrons. The first-order chi connectivity index (χ1) is 12.2. The van der Waals surface area contributed by atoms with Crippen LogP contribution in [-0.4, -0.2) is 24.2 Å². The molecular formula is C20H21FO5. The molecule has 2 aliphatic carbocycles. The highest BCUT2D eigenvalue weighted by atomic mass is 19.1. The number of aliphatic hydroxyl groups is 1. The van der Waals surface area contributed by atoms with Gasteiger partial charge in [0.15, 0.2) is 11.5 Å². The predicted molar refractivity (Wildman–Crippen MR) is 92.0 cm³/mol. The molecule has 2 aliphatic rings. The number of ketones is 1. The fourth-order valence-corrected chi connectivity index (χ4v) is 3.79. The summed E-state index contributed by atoms with van der Waals surface area (Å²) in [7, 11) is 1.16. The normalized spacial score (nSPS) is 22.2. The molecule has 0 amide bonds. The van der Waals surface area contributed by atoms with Gasteiger partial charge in [0.05, 0.1) is 13.0 Å². The minimum atomic E-state index is -0.980. The minimum absolute atomic E-state index is 0.0322. The summed E-state index contributed by atoms with van der Waals surface area (Å²) in [5.74, 6) is -1.38. The summed E-state index contributed by atoms with van der Waals surface area (Å²) in [4.78, 5) is 24.5.